The van der Waals surface area contributed by atoms with E-state index in [1.807, 2.05) is 53.8 Å². The molecule has 0 spiro atoms. The van der Waals surface area contributed by atoms with Gasteiger partial charge in [-0.25, -0.2) is 13.8 Å². The number of ether oxygens (including phenoxy) is 2. The van der Waals surface area contributed by atoms with Crippen molar-refractivity contribution in [2.24, 2.45) is 5.16 Å². The van der Waals surface area contributed by atoms with Crippen LogP contribution in [0, 0.1) is 25.5 Å². The molecule has 0 bridgehead atoms. The number of imidazole rings is 1. The smallest absolute Gasteiger partial charge is 0.211 e. The van der Waals surface area contributed by atoms with Crippen LogP contribution in [0.25, 0.3) is 11.8 Å². The summed E-state index contributed by atoms with van der Waals surface area (Å²) in [5.74, 6) is 0.495. The van der Waals surface area contributed by atoms with Crippen LogP contribution in [0.4, 0.5) is 8.78 Å². The van der Waals surface area contributed by atoms with Crippen molar-refractivity contribution in [2.75, 3.05) is 20.3 Å². The normalized spacial score (nSPS) is 20.7. The zero-order chi connectivity index (χ0) is 24.7. The van der Waals surface area contributed by atoms with Gasteiger partial charge in [0.15, 0.2) is 5.76 Å². The third-order valence-electron chi connectivity index (χ3n) is 6.21. The molecule has 0 aliphatic carbocycles. The number of aryl methyl sites for hydroxylation is 1. The lowest BCUT2D eigenvalue weighted by molar-refractivity contribution is 0.0121. The molecule has 2 aromatic carbocycles. The molecule has 2 aliphatic heterocycles. The van der Waals surface area contributed by atoms with Crippen molar-refractivity contribution >= 4 is 11.9 Å². The number of aromatic nitrogens is 2. The molecule has 35 heavy (non-hydrogen) atoms. The summed E-state index contributed by atoms with van der Waals surface area (Å²) in [6.07, 6.45) is 5.34. The second kappa shape index (κ2) is 9.05. The second-order valence-electron chi connectivity index (χ2n) is 8.78. The molecule has 2 atom stereocenters. The molecule has 0 radical (unpaired) electrons. The Balaban J connectivity index is 1.49. The van der Waals surface area contributed by atoms with Gasteiger partial charge in [-0.15, -0.1) is 0 Å². The van der Waals surface area contributed by atoms with Gasteiger partial charge in [-0.2, -0.15) is 0 Å². The molecule has 9 heteroatoms. The van der Waals surface area contributed by atoms with E-state index >= 15 is 0 Å². The van der Waals surface area contributed by atoms with Crippen LogP contribution in [0.15, 0.2) is 53.8 Å². The van der Waals surface area contributed by atoms with Crippen molar-refractivity contribution in [3.8, 4) is 11.4 Å². The number of halogens is 2. The summed E-state index contributed by atoms with van der Waals surface area (Å²) >= 11 is 0. The summed E-state index contributed by atoms with van der Waals surface area (Å²) < 4.78 is 42.2. The molecule has 182 valence electrons. The van der Waals surface area contributed by atoms with Crippen LogP contribution in [-0.2, 0) is 9.57 Å². The van der Waals surface area contributed by atoms with E-state index in [9.17, 15) is 8.78 Å². The van der Waals surface area contributed by atoms with Gasteiger partial charge in [-0.05, 0) is 62.2 Å². The predicted octanol–water partition coefficient (Wildman–Crippen LogP) is 4.92. The van der Waals surface area contributed by atoms with Crippen LogP contribution in [0.5, 0.6) is 5.75 Å². The van der Waals surface area contributed by atoms with Crippen LogP contribution in [0.1, 0.15) is 35.3 Å². The molecule has 7 nitrogen and oxygen atoms in total. The Morgan fingerprint density at radius 2 is 1.91 bits per heavy atom. The average Bonchev–Trinajstić information content (AvgIpc) is 3.27. The van der Waals surface area contributed by atoms with Crippen molar-refractivity contribution in [1.29, 1.82) is 0 Å². The van der Waals surface area contributed by atoms with Crippen molar-refractivity contribution in [1.82, 2.24) is 14.5 Å². The summed E-state index contributed by atoms with van der Waals surface area (Å²) in [5, 5.41) is 4.23. The van der Waals surface area contributed by atoms with E-state index in [2.05, 4.69) is 10.1 Å². The number of hydrogen-bond donors (Lipinski definition) is 0. The average molecular weight is 481 g/mol. The minimum absolute atomic E-state index is 0.00135. The van der Waals surface area contributed by atoms with E-state index < -0.39 is 17.7 Å². The van der Waals surface area contributed by atoms with Gasteiger partial charge in [0, 0.05) is 11.8 Å². The van der Waals surface area contributed by atoms with E-state index in [0.717, 1.165) is 16.9 Å². The quantitative estimate of drug-likeness (QED) is 0.530. The molecule has 0 amide bonds. The number of amidine groups is 1. The Labute approximate surface area is 202 Å². The van der Waals surface area contributed by atoms with E-state index in [1.54, 1.807) is 13.4 Å². The molecule has 3 heterocycles. The lowest BCUT2D eigenvalue weighted by Gasteiger charge is -2.42. The molecular weight excluding hydrogens is 454 g/mol. The Morgan fingerprint density at radius 3 is 2.60 bits per heavy atom. The van der Waals surface area contributed by atoms with Crippen molar-refractivity contribution in [3.63, 3.8) is 0 Å². The number of methoxy groups -OCH3 is 1. The van der Waals surface area contributed by atoms with E-state index in [-0.39, 0.29) is 18.3 Å². The van der Waals surface area contributed by atoms with E-state index in [0.29, 0.717) is 29.5 Å². The fourth-order valence-corrected chi connectivity index (χ4v) is 4.38. The topological polar surface area (TPSA) is 61.1 Å². The zero-order valence-corrected chi connectivity index (χ0v) is 20.0. The first-order chi connectivity index (χ1) is 16.8. The SMILES string of the molecule is COc1cc(/C=C2\OC(C)CN3C2=NOCC3c2cc(F)c(C)c(F)c2)ccc1-n1cnc(C)c1. The third-order valence-corrected chi connectivity index (χ3v) is 6.21. The lowest BCUT2D eigenvalue weighted by atomic mass is 10.0. The summed E-state index contributed by atoms with van der Waals surface area (Å²) in [6, 6.07) is 8.11. The first-order valence-corrected chi connectivity index (χ1v) is 11.3. The molecule has 3 aromatic rings. The Kier molecular flexibility index (Phi) is 5.92. The summed E-state index contributed by atoms with van der Waals surface area (Å²) in [6.45, 7) is 5.97. The van der Waals surface area contributed by atoms with Gasteiger partial charge in [-0.3, -0.25) is 0 Å². The second-order valence-corrected chi connectivity index (χ2v) is 8.78. The first kappa shape index (κ1) is 22.9. The minimum Gasteiger partial charge on any atom is -0.495 e. The Bertz CT molecular complexity index is 1310. The molecule has 2 aliphatic rings. The summed E-state index contributed by atoms with van der Waals surface area (Å²) in [5.41, 5.74) is 3.09. The van der Waals surface area contributed by atoms with E-state index in [1.165, 1.54) is 19.1 Å². The number of nitrogens with zero attached hydrogens (tertiary/aromatic N) is 4. The number of rotatable bonds is 4. The zero-order valence-electron chi connectivity index (χ0n) is 20.0. The highest BCUT2D eigenvalue weighted by Gasteiger charge is 2.37. The fourth-order valence-electron chi connectivity index (χ4n) is 4.38. The molecule has 0 N–H and O–H groups in total. The third kappa shape index (κ3) is 4.34. The number of hydrogen-bond acceptors (Lipinski definition) is 6. The predicted molar refractivity (Wildman–Crippen MR) is 127 cm³/mol. The van der Waals surface area contributed by atoms with Gasteiger partial charge in [0.1, 0.15) is 30.1 Å². The maximum atomic E-state index is 14.3. The molecule has 0 saturated carbocycles. The molecule has 5 rings (SSSR count). The molecule has 1 fully saturated rings. The molecule has 1 aromatic heterocycles. The van der Waals surface area contributed by atoms with Crippen LogP contribution in [0.3, 0.4) is 0 Å². The summed E-state index contributed by atoms with van der Waals surface area (Å²) in [7, 11) is 1.62. The van der Waals surface area contributed by atoms with Crippen LogP contribution >= 0.6 is 0 Å². The Morgan fingerprint density at radius 1 is 1.14 bits per heavy atom. The maximum absolute atomic E-state index is 14.3. The highest BCUT2D eigenvalue weighted by molar-refractivity contribution is 6.01. The summed E-state index contributed by atoms with van der Waals surface area (Å²) in [4.78, 5) is 11.7. The maximum Gasteiger partial charge on any atom is 0.211 e. The van der Waals surface area contributed by atoms with Gasteiger partial charge in [0.25, 0.3) is 0 Å². The van der Waals surface area contributed by atoms with Gasteiger partial charge in [-0.1, -0.05) is 11.2 Å². The van der Waals surface area contributed by atoms with Crippen LogP contribution in [-0.4, -0.2) is 46.7 Å². The van der Waals surface area contributed by atoms with Gasteiger partial charge in [0.2, 0.25) is 5.84 Å². The highest BCUT2D eigenvalue weighted by atomic mass is 19.1. The monoisotopic (exact) mass is 480 g/mol. The van der Waals surface area contributed by atoms with Crippen LogP contribution < -0.4 is 4.74 Å². The number of morpholine rings is 1. The number of fused-ring (bicyclic) bond motifs is 1. The van der Waals surface area contributed by atoms with Gasteiger partial charge < -0.3 is 23.8 Å². The van der Waals surface area contributed by atoms with Crippen LogP contribution in [0.2, 0.25) is 0 Å². The van der Waals surface area contributed by atoms with Gasteiger partial charge in [0.05, 0.1) is 37.4 Å². The number of benzene rings is 2. The largest absolute Gasteiger partial charge is 0.495 e. The van der Waals surface area contributed by atoms with Gasteiger partial charge >= 0.3 is 0 Å². The van der Waals surface area contributed by atoms with Crippen molar-refractivity contribution in [2.45, 2.75) is 32.9 Å². The minimum atomic E-state index is -0.582. The lowest BCUT2D eigenvalue weighted by Crippen LogP contribution is -2.49. The number of oxime groups is 1. The fraction of sp³-hybridized carbons (Fsp3) is 0.308. The Hall–Kier alpha value is -3.88. The first-order valence-electron chi connectivity index (χ1n) is 11.3. The standard InChI is InChI=1S/C26H26F2N4O3/c1-15-11-31(14-29-15)22-6-5-18(7-24(22)33-4)8-25-26-30-34-13-23(32(26)12-16(2)35-25)19-9-20(27)17(3)21(28)10-19/h5-11,14,16,23H,12-13H2,1-4H3/b25-8-. The molecule has 2 unspecified atom stereocenters. The molecule has 1 saturated heterocycles. The van der Waals surface area contributed by atoms with E-state index in [4.69, 9.17) is 14.3 Å². The molecular formula is C26H26F2N4O3. The van der Waals surface area contributed by atoms with Crippen molar-refractivity contribution in [3.05, 3.63) is 82.6 Å². The highest BCUT2D eigenvalue weighted by Crippen LogP contribution is 2.34. The van der Waals surface area contributed by atoms with Crippen molar-refractivity contribution < 1.29 is 23.1 Å².